The average molecular weight is 176 g/mol. The summed E-state index contributed by atoms with van der Waals surface area (Å²) in [5, 5.41) is 9.69. The fraction of sp³-hybridized carbons (Fsp3) is 0.111. The second-order valence-electron chi connectivity index (χ2n) is 2.84. The highest BCUT2D eigenvalue weighted by Gasteiger charge is 2.08. The molecule has 0 spiro atoms. The predicted octanol–water partition coefficient (Wildman–Crippen LogP) is 1.57. The van der Waals surface area contributed by atoms with Gasteiger partial charge in [0.25, 0.3) is 0 Å². The van der Waals surface area contributed by atoms with Gasteiger partial charge in [-0.05, 0) is 19.1 Å². The van der Waals surface area contributed by atoms with Gasteiger partial charge in [-0.1, -0.05) is 0 Å². The summed E-state index contributed by atoms with van der Waals surface area (Å²) in [6.07, 6.45) is 1.77. The number of fused-ring (bicyclic) bond motifs is 1. The standard InChI is InChI=1S/C9H8N2O2/c1-5-6-2-3-10-7(6)4-8(11-5)9(12)13/h2-4,10H,1H3,(H,12,13). The van der Waals surface area contributed by atoms with Crippen molar-refractivity contribution in [1.29, 1.82) is 0 Å². The lowest BCUT2D eigenvalue weighted by atomic mass is 10.2. The number of aromatic carboxylic acids is 1. The lowest BCUT2D eigenvalue weighted by Crippen LogP contribution is -2.01. The van der Waals surface area contributed by atoms with Gasteiger partial charge in [0.1, 0.15) is 0 Å². The third-order valence-corrected chi connectivity index (χ3v) is 1.96. The van der Waals surface area contributed by atoms with Gasteiger partial charge in [0.05, 0.1) is 0 Å². The van der Waals surface area contributed by atoms with Crippen LogP contribution < -0.4 is 0 Å². The van der Waals surface area contributed by atoms with E-state index in [4.69, 9.17) is 5.11 Å². The zero-order chi connectivity index (χ0) is 9.42. The number of rotatable bonds is 1. The first-order chi connectivity index (χ1) is 6.18. The molecule has 4 heteroatoms. The largest absolute Gasteiger partial charge is 0.477 e. The molecule has 2 aromatic heterocycles. The minimum atomic E-state index is -1.00. The summed E-state index contributed by atoms with van der Waals surface area (Å²) in [5.74, 6) is -1.00. The molecular formula is C9H8N2O2. The van der Waals surface area contributed by atoms with Crippen molar-refractivity contribution in [2.75, 3.05) is 0 Å². The van der Waals surface area contributed by atoms with Crippen LogP contribution in [0.5, 0.6) is 0 Å². The van der Waals surface area contributed by atoms with Crippen molar-refractivity contribution in [2.24, 2.45) is 0 Å². The first kappa shape index (κ1) is 7.79. The van der Waals surface area contributed by atoms with Gasteiger partial charge in [0.2, 0.25) is 0 Å². The maximum Gasteiger partial charge on any atom is 0.354 e. The third kappa shape index (κ3) is 1.16. The highest BCUT2D eigenvalue weighted by molar-refractivity contribution is 5.91. The van der Waals surface area contributed by atoms with Crippen molar-refractivity contribution >= 4 is 16.9 Å². The van der Waals surface area contributed by atoms with Gasteiger partial charge in [-0.2, -0.15) is 0 Å². The Morgan fingerprint density at radius 1 is 1.62 bits per heavy atom. The van der Waals surface area contributed by atoms with E-state index in [2.05, 4.69) is 9.97 Å². The van der Waals surface area contributed by atoms with Crippen LogP contribution in [0.2, 0.25) is 0 Å². The molecule has 0 aromatic carbocycles. The molecule has 0 saturated heterocycles. The number of carboxylic acid groups (broad SMARTS) is 1. The molecular weight excluding hydrogens is 168 g/mol. The Labute approximate surface area is 74.2 Å². The van der Waals surface area contributed by atoms with Gasteiger partial charge < -0.3 is 10.1 Å². The van der Waals surface area contributed by atoms with Crippen molar-refractivity contribution in [2.45, 2.75) is 6.92 Å². The van der Waals surface area contributed by atoms with E-state index in [9.17, 15) is 4.79 Å². The molecule has 0 aliphatic heterocycles. The molecule has 66 valence electrons. The Morgan fingerprint density at radius 3 is 3.08 bits per heavy atom. The van der Waals surface area contributed by atoms with Crippen LogP contribution in [-0.4, -0.2) is 21.0 Å². The Hall–Kier alpha value is -1.84. The molecule has 2 heterocycles. The fourth-order valence-electron chi connectivity index (χ4n) is 1.34. The summed E-state index contributed by atoms with van der Waals surface area (Å²) in [7, 11) is 0. The molecule has 2 rings (SSSR count). The van der Waals surface area contributed by atoms with Gasteiger partial charge in [-0.3, -0.25) is 0 Å². The third-order valence-electron chi connectivity index (χ3n) is 1.96. The highest BCUT2D eigenvalue weighted by Crippen LogP contribution is 2.16. The number of aromatic nitrogens is 2. The van der Waals surface area contributed by atoms with Crippen LogP contribution in [0.4, 0.5) is 0 Å². The molecule has 0 radical (unpaired) electrons. The number of aromatic amines is 1. The average Bonchev–Trinajstić information content (AvgIpc) is 2.51. The summed E-state index contributed by atoms with van der Waals surface area (Å²) in [4.78, 5) is 17.5. The van der Waals surface area contributed by atoms with Crippen molar-refractivity contribution in [1.82, 2.24) is 9.97 Å². The maximum atomic E-state index is 10.6. The zero-order valence-corrected chi connectivity index (χ0v) is 7.03. The van der Waals surface area contributed by atoms with E-state index in [1.165, 1.54) is 6.07 Å². The molecule has 0 saturated carbocycles. The van der Waals surface area contributed by atoms with Crippen LogP contribution in [0, 0.1) is 6.92 Å². The van der Waals surface area contributed by atoms with Gasteiger partial charge in [-0.15, -0.1) is 0 Å². The van der Waals surface area contributed by atoms with E-state index < -0.39 is 5.97 Å². The van der Waals surface area contributed by atoms with Crippen molar-refractivity contribution < 1.29 is 9.90 Å². The second-order valence-corrected chi connectivity index (χ2v) is 2.84. The minimum Gasteiger partial charge on any atom is -0.477 e. The molecule has 0 atom stereocenters. The van der Waals surface area contributed by atoms with Crippen LogP contribution in [-0.2, 0) is 0 Å². The number of hydrogen-bond acceptors (Lipinski definition) is 2. The van der Waals surface area contributed by atoms with Gasteiger partial charge in [-0.25, -0.2) is 9.78 Å². The Morgan fingerprint density at radius 2 is 2.38 bits per heavy atom. The molecule has 4 nitrogen and oxygen atoms in total. The van der Waals surface area contributed by atoms with E-state index in [0.717, 1.165) is 16.6 Å². The lowest BCUT2D eigenvalue weighted by Gasteiger charge is -1.98. The molecule has 0 amide bonds. The Balaban J connectivity index is 2.77. The van der Waals surface area contributed by atoms with Crippen molar-refractivity contribution in [3.05, 3.63) is 29.7 Å². The Bertz CT molecular complexity index is 473. The molecule has 2 N–H and O–H groups in total. The highest BCUT2D eigenvalue weighted by atomic mass is 16.4. The van der Waals surface area contributed by atoms with E-state index >= 15 is 0 Å². The first-order valence-corrected chi connectivity index (χ1v) is 3.86. The molecule has 0 aliphatic rings. The monoisotopic (exact) mass is 176 g/mol. The summed E-state index contributed by atoms with van der Waals surface area (Å²) in [5.41, 5.74) is 1.62. The Kier molecular flexibility index (Phi) is 1.55. The fourth-order valence-corrected chi connectivity index (χ4v) is 1.34. The van der Waals surface area contributed by atoms with Gasteiger partial charge in [0, 0.05) is 22.8 Å². The number of H-pyrrole nitrogens is 1. The van der Waals surface area contributed by atoms with E-state index in [1.54, 1.807) is 13.1 Å². The number of hydrogen-bond donors (Lipinski definition) is 2. The molecule has 0 fully saturated rings. The molecule has 0 aliphatic carbocycles. The van der Waals surface area contributed by atoms with Crippen molar-refractivity contribution in [3.8, 4) is 0 Å². The lowest BCUT2D eigenvalue weighted by molar-refractivity contribution is 0.0690. The predicted molar refractivity (Wildman–Crippen MR) is 47.8 cm³/mol. The molecule has 0 bridgehead atoms. The SMILES string of the molecule is Cc1nc(C(=O)O)cc2[nH]ccc12. The normalized spacial score (nSPS) is 10.5. The van der Waals surface area contributed by atoms with Crippen LogP contribution in [0.1, 0.15) is 16.2 Å². The molecule has 2 aromatic rings. The first-order valence-electron chi connectivity index (χ1n) is 3.86. The van der Waals surface area contributed by atoms with Gasteiger partial charge >= 0.3 is 5.97 Å². The summed E-state index contributed by atoms with van der Waals surface area (Å²) in [6.45, 7) is 1.79. The van der Waals surface area contributed by atoms with Gasteiger partial charge in [0.15, 0.2) is 5.69 Å². The number of nitrogens with one attached hydrogen (secondary N) is 1. The summed E-state index contributed by atoms with van der Waals surface area (Å²) < 4.78 is 0. The van der Waals surface area contributed by atoms with Crippen LogP contribution in [0.25, 0.3) is 10.9 Å². The number of pyridine rings is 1. The molecule has 13 heavy (non-hydrogen) atoms. The van der Waals surface area contributed by atoms with E-state index in [0.29, 0.717) is 0 Å². The zero-order valence-electron chi connectivity index (χ0n) is 7.03. The van der Waals surface area contributed by atoms with E-state index in [-0.39, 0.29) is 5.69 Å². The maximum absolute atomic E-state index is 10.6. The van der Waals surface area contributed by atoms with E-state index in [1.807, 2.05) is 6.07 Å². The number of carbonyl (C=O) groups is 1. The summed E-state index contributed by atoms with van der Waals surface area (Å²) in [6, 6.07) is 3.41. The topological polar surface area (TPSA) is 66.0 Å². The number of aryl methyl sites for hydroxylation is 1. The molecule has 0 unspecified atom stereocenters. The number of carboxylic acids is 1. The van der Waals surface area contributed by atoms with Crippen molar-refractivity contribution in [3.63, 3.8) is 0 Å². The van der Waals surface area contributed by atoms with Crippen LogP contribution in [0.3, 0.4) is 0 Å². The quantitative estimate of drug-likeness (QED) is 0.693. The second kappa shape index (κ2) is 2.58. The number of nitrogens with zero attached hydrogens (tertiary/aromatic N) is 1. The summed E-state index contributed by atoms with van der Waals surface area (Å²) >= 11 is 0. The van der Waals surface area contributed by atoms with Crippen LogP contribution >= 0.6 is 0 Å². The van der Waals surface area contributed by atoms with Crippen LogP contribution in [0.15, 0.2) is 18.3 Å². The smallest absolute Gasteiger partial charge is 0.354 e. The minimum absolute atomic E-state index is 0.0763.